The van der Waals surface area contributed by atoms with Gasteiger partial charge in [0.05, 0.1) is 0 Å². The molecule has 0 saturated heterocycles. The molecule has 5 heteroatoms. The third kappa shape index (κ3) is 2.93. The van der Waals surface area contributed by atoms with Crippen molar-refractivity contribution in [1.82, 2.24) is 4.98 Å². The molecular formula is C14H16N2O2S. The Morgan fingerprint density at radius 1 is 1.32 bits per heavy atom. The minimum Gasteiger partial charge on any atom is -0.321 e. The van der Waals surface area contributed by atoms with Crippen molar-refractivity contribution in [3.63, 3.8) is 0 Å². The summed E-state index contributed by atoms with van der Waals surface area (Å²) in [7, 11) is 0. The summed E-state index contributed by atoms with van der Waals surface area (Å²) in [5, 5.41) is 2.87. The summed E-state index contributed by atoms with van der Waals surface area (Å²) in [6.07, 6.45) is 0. The van der Waals surface area contributed by atoms with Crippen LogP contribution in [-0.2, 0) is 0 Å². The SMILES string of the molecule is Cc1[nH]c(=O)sc1C(=O)Nc1ccccc1C(C)C. The van der Waals surface area contributed by atoms with Gasteiger partial charge in [-0.05, 0) is 24.5 Å². The summed E-state index contributed by atoms with van der Waals surface area (Å²) in [4.78, 5) is 26.2. The van der Waals surface area contributed by atoms with Crippen LogP contribution in [0.1, 0.15) is 40.7 Å². The highest BCUT2D eigenvalue weighted by atomic mass is 32.1. The Balaban J connectivity index is 2.29. The number of thiazole rings is 1. The summed E-state index contributed by atoms with van der Waals surface area (Å²) in [6, 6.07) is 7.70. The Morgan fingerprint density at radius 2 is 2.00 bits per heavy atom. The van der Waals surface area contributed by atoms with Crippen molar-refractivity contribution >= 4 is 22.9 Å². The number of para-hydroxylation sites is 1. The molecule has 0 aliphatic rings. The van der Waals surface area contributed by atoms with Gasteiger partial charge in [-0.15, -0.1) is 0 Å². The van der Waals surface area contributed by atoms with E-state index in [9.17, 15) is 9.59 Å². The van der Waals surface area contributed by atoms with E-state index in [1.54, 1.807) is 6.92 Å². The molecule has 0 aliphatic carbocycles. The van der Waals surface area contributed by atoms with Crippen LogP contribution in [0.3, 0.4) is 0 Å². The number of carbonyl (C=O) groups excluding carboxylic acids is 1. The Kier molecular flexibility index (Phi) is 3.85. The van der Waals surface area contributed by atoms with E-state index in [2.05, 4.69) is 24.1 Å². The molecule has 0 unspecified atom stereocenters. The standard InChI is InChI=1S/C14H16N2O2S/c1-8(2)10-6-4-5-7-11(10)16-13(17)12-9(3)15-14(18)19-12/h4-8H,1-3H3,(H,15,18)(H,16,17). The van der Waals surface area contributed by atoms with Crippen molar-refractivity contribution < 1.29 is 4.79 Å². The summed E-state index contributed by atoms with van der Waals surface area (Å²) >= 11 is 0.933. The summed E-state index contributed by atoms with van der Waals surface area (Å²) in [5.41, 5.74) is 2.48. The summed E-state index contributed by atoms with van der Waals surface area (Å²) in [5.74, 6) is 0.0801. The highest BCUT2D eigenvalue weighted by Gasteiger charge is 2.15. The molecule has 0 atom stereocenters. The summed E-state index contributed by atoms with van der Waals surface area (Å²) in [6.45, 7) is 5.87. The van der Waals surface area contributed by atoms with Crippen LogP contribution in [0.25, 0.3) is 0 Å². The molecule has 4 nitrogen and oxygen atoms in total. The maximum atomic E-state index is 12.2. The van der Waals surface area contributed by atoms with Crippen LogP contribution in [0.4, 0.5) is 5.69 Å². The molecule has 1 heterocycles. The molecule has 0 fully saturated rings. The average Bonchev–Trinajstić information content (AvgIpc) is 2.69. The maximum Gasteiger partial charge on any atom is 0.305 e. The van der Waals surface area contributed by atoms with Gasteiger partial charge in [0.2, 0.25) is 0 Å². The minimum atomic E-state index is -0.242. The lowest BCUT2D eigenvalue weighted by atomic mass is 10.0. The normalized spacial score (nSPS) is 10.7. The number of amides is 1. The number of carbonyl (C=O) groups is 1. The highest BCUT2D eigenvalue weighted by molar-refractivity contribution is 7.11. The van der Waals surface area contributed by atoms with Gasteiger partial charge < -0.3 is 10.3 Å². The zero-order valence-corrected chi connectivity index (χ0v) is 11.9. The number of rotatable bonds is 3. The molecule has 100 valence electrons. The van der Waals surface area contributed by atoms with E-state index in [0.29, 0.717) is 16.5 Å². The molecule has 1 aromatic carbocycles. The molecule has 0 saturated carbocycles. The van der Waals surface area contributed by atoms with E-state index in [0.717, 1.165) is 22.6 Å². The van der Waals surface area contributed by atoms with Gasteiger partial charge >= 0.3 is 4.87 Å². The molecule has 2 N–H and O–H groups in total. The third-order valence-corrected chi connectivity index (χ3v) is 3.85. The largest absolute Gasteiger partial charge is 0.321 e. The zero-order valence-electron chi connectivity index (χ0n) is 11.1. The lowest BCUT2D eigenvalue weighted by molar-refractivity contribution is 0.102. The lowest BCUT2D eigenvalue weighted by Gasteiger charge is -2.13. The molecule has 1 amide bonds. The van der Waals surface area contributed by atoms with Gasteiger partial charge in [-0.3, -0.25) is 9.59 Å². The Morgan fingerprint density at radius 3 is 2.58 bits per heavy atom. The zero-order chi connectivity index (χ0) is 14.0. The van der Waals surface area contributed by atoms with Crippen LogP contribution in [0, 0.1) is 6.92 Å². The van der Waals surface area contributed by atoms with Crippen LogP contribution in [0.2, 0.25) is 0 Å². The smallest absolute Gasteiger partial charge is 0.305 e. The number of nitrogens with one attached hydrogen (secondary N) is 2. The number of aromatic nitrogens is 1. The highest BCUT2D eigenvalue weighted by Crippen LogP contribution is 2.24. The first-order valence-electron chi connectivity index (χ1n) is 6.09. The van der Waals surface area contributed by atoms with Crippen LogP contribution < -0.4 is 10.2 Å². The Bertz CT molecular complexity index is 655. The first-order chi connectivity index (χ1) is 8.99. The fraction of sp³-hybridized carbons (Fsp3) is 0.286. The average molecular weight is 276 g/mol. The number of hydrogen-bond acceptors (Lipinski definition) is 3. The number of aromatic amines is 1. The second-order valence-corrected chi connectivity index (χ2v) is 5.65. The molecule has 2 aromatic rings. The molecule has 0 radical (unpaired) electrons. The maximum absolute atomic E-state index is 12.2. The number of aryl methyl sites for hydroxylation is 1. The molecule has 2 rings (SSSR count). The first-order valence-corrected chi connectivity index (χ1v) is 6.90. The van der Waals surface area contributed by atoms with E-state index in [4.69, 9.17) is 0 Å². The molecule has 19 heavy (non-hydrogen) atoms. The second-order valence-electron chi connectivity index (χ2n) is 4.66. The van der Waals surface area contributed by atoms with E-state index in [1.165, 1.54) is 0 Å². The minimum absolute atomic E-state index is 0.209. The second kappa shape index (κ2) is 5.40. The Labute approximate surface area is 115 Å². The van der Waals surface area contributed by atoms with Gasteiger partial charge in [-0.25, -0.2) is 0 Å². The fourth-order valence-electron chi connectivity index (χ4n) is 1.91. The van der Waals surface area contributed by atoms with Gasteiger partial charge in [0.1, 0.15) is 4.88 Å². The van der Waals surface area contributed by atoms with Crippen molar-refractivity contribution in [2.24, 2.45) is 0 Å². The monoisotopic (exact) mass is 276 g/mol. The number of hydrogen-bond donors (Lipinski definition) is 2. The predicted octanol–water partition coefficient (Wildman–Crippen LogP) is 3.12. The number of H-pyrrole nitrogens is 1. The lowest BCUT2D eigenvalue weighted by Crippen LogP contribution is -2.13. The van der Waals surface area contributed by atoms with Crippen molar-refractivity contribution in [2.75, 3.05) is 5.32 Å². The van der Waals surface area contributed by atoms with Gasteiger partial charge in [0.15, 0.2) is 0 Å². The van der Waals surface area contributed by atoms with E-state index in [-0.39, 0.29) is 10.8 Å². The fourth-order valence-corrected chi connectivity index (χ4v) is 2.65. The van der Waals surface area contributed by atoms with Crippen LogP contribution in [-0.4, -0.2) is 10.9 Å². The summed E-state index contributed by atoms with van der Waals surface area (Å²) < 4.78 is 0. The van der Waals surface area contributed by atoms with E-state index in [1.807, 2.05) is 24.3 Å². The van der Waals surface area contributed by atoms with E-state index >= 15 is 0 Å². The third-order valence-electron chi connectivity index (χ3n) is 2.86. The van der Waals surface area contributed by atoms with Gasteiger partial charge in [0.25, 0.3) is 5.91 Å². The van der Waals surface area contributed by atoms with Gasteiger partial charge in [-0.1, -0.05) is 43.4 Å². The van der Waals surface area contributed by atoms with Gasteiger partial charge in [0, 0.05) is 11.4 Å². The van der Waals surface area contributed by atoms with Crippen molar-refractivity contribution in [3.05, 3.63) is 50.1 Å². The number of benzene rings is 1. The topological polar surface area (TPSA) is 62.0 Å². The first kappa shape index (κ1) is 13.5. The Hall–Kier alpha value is -1.88. The van der Waals surface area contributed by atoms with Crippen molar-refractivity contribution in [3.8, 4) is 0 Å². The molecule has 0 aliphatic heterocycles. The van der Waals surface area contributed by atoms with Gasteiger partial charge in [-0.2, -0.15) is 0 Å². The predicted molar refractivity (Wildman–Crippen MR) is 78.2 cm³/mol. The molecular weight excluding hydrogens is 260 g/mol. The molecule has 0 spiro atoms. The van der Waals surface area contributed by atoms with E-state index < -0.39 is 0 Å². The van der Waals surface area contributed by atoms with Crippen LogP contribution >= 0.6 is 11.3 Å². The van der Waals surface area contributed by atoms with Crippen LogP contribution in [0.15, 0.2) is 29.1 Å². The number of anilines is 1. The quantitative estimate of drug-likeness (QED) is 0.904. The van der Waals surface area contributed by atoms with Crippen molar-refractivity contribution in [1.29, 1.82) is 0 Å². The molecule has 1 aromatic heterocycles. The molecule has 0 bridgehead atoms. The van der Waals surface area contributed by atoms with Crippen LogP contribution in [0.5, 0.6) is 0 Å². The van der Waals surface area contributed by atoms with Crippen molar-refractivity contribution in [2.45, 2.75) is 26.7 Å².